The van der Waals surface area contributed by atoms with E-state index in [1.54, 1.807) is 24.4 Å². The first-order valence-corrected chi connectivity index (χ1v) is 14.0. The van der Waals surface area contributed by atoms with Gasteiger partial charge < -0.3 is 15.6 Å². The number of aromatic nitrogens is 2. The van der Waals surface area contributed by atoms with E-state index in [2.05, 4.69) is 20.6 Å². The Kier molecular flexibility index (Phi) is 7.52. The van der Waals surface area contributed by atoms with Crippen LogP contribution >= 0.6 is 0 Å². The molecule has 8 heteroatoms. The third-order valence-electron chi connectivity index (χ3n) is 7.49. The number of nitrogens with one attached hydrogen (secondary N) is 3. The van der Waals surface area contributed by atoms with E-state index in [1.165, 1.54) is 12.1 Å². The van der Waals surface area contributed by atoms with Crippen LogP contribution in [0, 0.1) is 18.6 Å². The molecule has 5 aromatic rings. The summed E-state index contributed by atoms with van der Waals surface area (Å²) in [4.78, 5) is 34.1. The van der Waals surface area contributed by atoms with E-state index in [1.807, 2.05) is 49.5 Å². The molecule has 0 aliphatic heterocycles. The Hall–Kier alpha value is -4.85. The monoisotopic (exact) mass is 564 g/mol. The molecule has 1 aliphatic rings. The van der Waals surface area contributed by atoms with Gasteiger partial charge in [0.25, 0.3) is 5.91 Å². The number of fused-ring (bicyclic) bond motifs is 1. The highest BCUT2D eigenvalue weighted by Gasteiger charge is 2.25. The maximum atomic E-state index is 14.2. The third kappa shape index (κ3) is 6.22. The first-order chi connectivity index (χ1) is 20.3. The summed E-state index contributed by atoms with van der Waals surface area (Å²) in [7, 11) is 0. The molecular formula is C34H30F2N4O2. The second-order valence-electron chi connectivity index (χ2n) is 10.9. The fourth-order valence-corrected chi connectivity index (χ4v) is 5.30. The lowest BCUT2D eigenvalue weighted by atomic mass is 9.94. The molecule has 1 aliphatic carbocycles. The van der Waals surface area contributed by atoms with E-state index in [-0.39, 0.29) is 30.7 Å². The van der Waals surface area contributed by atoms with E-state index in [0.29, 0.717) is 22.4 Å². The lowest BCUT2D eigenvalue weighted by Crippen LogP contribution is -2.32. The highest BCUT2D eigenvalue weighted by atomic mass is 19.1. The maximum absolute atomic E-state index is 14.2. The van der Waals surface area contributed by atoms with Crippen LogP contribution in [0.2, 0.25) is 0 Å². The summed E-state index contributed by atoms with van der Waals surface area (Å²) in [6.45, 7) is 2.00. The van der Waals surface area contributed by atoms with Gasteiger partial charge in [0.1, 0.15) is 11.6 Å². The summed E-state index contributed by atoms with van der Waals surface area (Å²) >= 11 is 0. The van der Waals surface area contributed by atoms with Gasteiger partial charge in [0, 0.05) is 46.5 Å². The van der Waals surface area contributed by atoms with Crippen molar-refractivity contribution >= 4 is 22.7 Å². The van der Waals surface area contributed by atoms with Gasteiger partial charge in [0.15, 0.2) is 0 Å². The van der Waals surface area contributed by atoms with Crippen molar-refractivity contribution in [1.29, 1.82) is 0 Å². The predicted molar refractivity (Wildman–Crippen MR) is 158 cm³/mol. The van der Waals surface area contributed by atoms with Gasteiger partial charge in [-0.15, -0.1) is 0 Å². The smallest absolute Gasteiger partial charge is 0.251 e. The van der Waals surface area contributed by atoms with Crippen LogP contribution in [0.15, 0.2) is 85.2 Å². The number of carbonyl (C=O) groups is 2. The normalized spacial score (nSPS) is 13.6. The second-order valence-corrected chi connectivity index (χ2v) is 10.9. The topological polar surface area (TPSA) is 86.9 Å². The summed E-state index contributed by atoms with van der Waals surface area (Å²) in [5.41, 5.74) is 5.77. The SMILES string of the molecule is Cc1ccc2[nH]cc(CC(=O)N[C@@H](Cc3cc(F)cc(F)c3)c3ncccc3-c3cccc(C(=O)NC4CC4)c3)c2c1. The molecule has 1 atom stereocenters. The van der Waals surface area contributed by atoms with Gasteiger partial charge >= 0.3 is 0 Å². The number of pyridine rings is 1. The van der Waals surface area contributed by atoms with E-state index >= 15 is 0 Å². The average molecular weight is 565 g/mol. The highest BCUT2D eigenvalue weighted by molar-refractivity contribution is 5.96. The van der Waals surface area contributed by atoms with Crippen molar-refractivity contribution in [3.63, 3.8) is 0 Å². The molecule has 0 unspecified atom stereocenters. The molecule has 212 valence electrons. The Balaban J connectivity index is 1.34. The van der Waals surface area contributed by atoms with Gasteiger partial charge in [-0.1, -0.05) is 29.8 Å². The van der Waals surface area contributed by atoms with Gasteiger partial charge in [-0.2, -0.15) is 0 Å². The summed E-state index contributed by atoms with van der Waals surface area (Å²) in [6, 6.07) is 19.8. The minimum atomic E-state index is -0.703. The molecule has 6 rings (SSSR count). The fraction of sp³-hybridized carbons (Fsp3) is 0.206. The highest BCUT2D eigenvalue weighted by Crippen LogP contribution is 2.30. The van der Waals surface area contributed by atoms with Crippen LogP contribution in [0.25, 0.3) is 22.0 Å². The Morgan fingerprint density at radius 3 is 2.60 bits per heavy atom. The number of amides is 2. The molecule has 0 radical (unpaired) electrons. The van der Waals surface area contributed by atoms with Gasteiger partial charge in [-0.3, -0.25) is 14.6 Å². The van der Waals surface area contributed by atoms with Crippen molar-refractivity contribution < 1.29 is 18.4 Å². The predicted octanol–water partition coefficient (Wildman–Crippen LogP) is 6.35. The Bertz CT molecular complexity index is 1770. The summed E-state index contributed by atoms with van der Waals surface area (Å²) in [6.07, 6.45) is 5.63. The molecule has 6 nitrogen and oxygen atoms in total. The summed E-state index contributed by atoms with van der Waals surface area (Å²) in [5.74, 6) is -1.79. The molecular weight excluding hydrogens is 534 g/mol. The lowest BCUT2D eigenvalue weighted by molar-refractivity contribution is -0.121. The van der Waals surface area contributed by atoms with Crippen LogP contribution in [0.1, 0.15) is 51.6 Å². The zero-order valence-electron chi connectivity index (χ0n) is 23.1. The number of aromatic amines is 1. The van der Waals surface area contributed by atoms with Crippen LogP contribution < -0.4 is 10.6 Å². The first kappa shape index (κ1) is 27.3. The molecule has 1 saturated carbocycles. The zero-order chi connectivity index (χ0) is 29.2. The summed E-state index contributed by atoms with van der Waals surface area (Å²) in [5, 5.41) is 7.05. The molecule has 3 N–H and O–H groups in total. The molecule has 0 spiro atoms. The number of aryl methyl sites for hydroxylation is 1. The van der Waals surface area contributed by atoms with Crippen LogP contribution in [-0.2, 0) is 17.6 Å². The number of halogens is 2. The molecule has 42 heavy (non-hydrogen) atoms. The Morgan fingerprint density at radius 2 is 1.81 bits per heavy atom. The molecule has 1 fully saturated rings. The zero-order valence-corrected chi connectivity index (χ0v) is 23.1. The van der Waals surface area contributed by atoms with E-state index in [9.17, 15) is 18.4 Å². The van der Waals surface area contributed by atoms with Crippen molar-refractivity contribution in [3.8, 4) is 11.1 Å². The summed E-state index contributed by atoms with van der Waals surface area (Å²) < 4.78 is 28.3. The van der Waals surface area contributed by atoms with Crippen LogP contribution in [0.4, 0.5) is 8.78 Å². The molecule has 0 bridgehead atoms. The molecule has 3 aromatic carbocycles. The minimum Gasteiger partial charge on any atom is -0.361 e. The number of carbonyl (C=O) groups excluding carboxylic acids is 2. The van der Waals surface area contributed by atoms with Gasteiger partial charge in [-0.05, 0) is 85.3 Å². The lowest BCUT2D eigenvalue weighted by Gasteiger charge is -2.22. The quantitative estimate of drug-likeness (QED) is 0.195. The van der Waals surface area contributed by atoms with Crippen LogP contribution in [-0.4, -0.2) is 27.8 Å². The Labute approximate surface area is 242 Å². The van der Waals surface area contributed by atoms with Gasteiger partial charge in [-0.25, -0.2) is 8.78 Å². The second kappa shape index (κ2) is 11.6. The largest absolute Gasteiger partial charge is 0.361 e. The van der Waals surface area contributed by atoms with E-state index < -0.39 is 17.7 Å². The standard InChI is InChI=1S/C34H30F2N4O2/c1-20-7-10-30-29(12-20)24(19-38-30)17-32(41)40-31(15-21-13-25(35)18-26(36)14-21)33-28(6-3-11-37-33)22-4-2-5-23(16-22)34(42)39-27-8-9-27/h2-7,10-14,16,18-19,27,31,38H,8-9,15,17H2,1H3,(H,39,42)(H,40,41)/t31-/m0/s1. The average Bonchev–Trinajstić information content (AvgIpc) is 3.70. The van der Waals surface area contributed by atoms with E-state index in [4.69, 9.17) is 0 Å². The molecule has 2 aromatic heterocycles. The fourth-order valence-electron chi connectivity index (χ4n) is 5.30. The van der Waals surface area contributed by atoms with Crippen LogP contribution in [0.5, 0.6) is 0 Å². The van der Waals surface area contributed by atoms with Crippen molar-refractivity contribution in [1.82, 2.24) is 20.6 Å². The number of rotatable bonds is 9. The first-order valence-electron chi connectivity index (χ1n) is 14.0. The van der Waals surface area contributed by atoms with Crippen molar-refractivity contribution in [2.45, 2.75) is 44.7 Å². The number of hydrogen-bond acceptors (Lipinski definition) is 3. The Morgan fingerprint density at radius 1 is 1.00 bits per heavy atom. The third-order valence-corrected chi connectivity index (χ3v) is 7.49. The van der Waals surface area contributed by atoms with Crippen molar-refractivity contribution in [2.75, 3.05) is 0 Å². The van der Waals surface area contributed by atoms with Crippen LogP contribution in [0.3, 0.4) is 0 Å². The number of hydrogen-bond donors (Lipinski definition) is 3. The van der Waals surface area contributed by atoms with Gasteiger partial charge in [0.2, 0.25) is 5.91 Å². The number of H-pyrrole nitrogens is 1. The van der Waals surface area contributed by atoms with Gasteiger partial charge in [0.05, 0.1) is 18.2 Å². The van der Waals surface area contributed by atoms with E-state index in [0.717, 1.165) is 46.5 Å². The maximum Gasteiger partial charge on any atom is 0.251 e. The minimum absolute atomic E-state index is 0.108. The van der Waals surface area contributed by atoms with Crippen molar-refractivity contribution in [2.24, 2.45) is 0 Å². The molecule has 0 saturated heterocycles. The van der Waals surface area contributed by atoms with Crippen molar-refractivity contribution in [3.05, 3.63) is 125 Å². The molecule has 2 heterocycles. The molecule has 2 amide bonds. The number of nitrogens with zero attached hydrogens (tertiary/aromatic N) is 1. The number of benzene rings is 3.